The van der Waals surface area contributed by atoms with E-state index in [0.717, 1.165) is 6.07 Å². The third-order valence-electron chi connectivity index (χ3n) is 2.37. The largest absolute Gasteiger partial charge is 0.573 e. The molecule has 20 heavy (non-hydrogen) atoms. The van der Waals surface area contributed by atoms with Gasteiger partial charge in [0, 0.05) is 5.69 Å². The lowest BCUT2D eigenvalue weighted by Crippen LogP contribution is -2.42. The molecule has 0 atom stereocenters. The predicted molar refractivity (Wildman–Crippen MR) is 64.1 cm³/mol. The molecule has 5 nitrogen and oxygen atoms in total. The lowest BCUT2D eigenvalue weighted by Gasteiger charge is -2.26. The standard InChI is InChI=1S/C11H7BrF3NO4/c12-7-3-6(1-2-8(7)20-11(13,14)15)16-4-9(17)19-10(18)5-16/h1-3H,4-5H2. The topological polar surface area (TPSA) is 55.8 Å². The van der Waals surface area contributed by atoms with Gasteiger partial charge >= 0.3 is 18.3 Å². The molecule has 0 radical (unpaired) electrons. The first-order valence-electron chi connectivity index (χ1n) is 5.28. The zero-order valence-electron chi connectivity index (χ0n) is 9.74. The number of nitrogens with zero attached hydrogens (tertiary/aromatic N) is 1. The lowest BCUT2D eigenvalue weighted by molar-refractivity contribution is -0.274. The van der Waals surface area contributed by atoms with Crippen LogP contribution >= 0.6 is 15.9 Å². The highest BCUT2D eigenvalue weighted by Gasteiger charge is 2.32. The van der Waals surface area contributed by atoms with E-state index >= 15 is 0 Å². The van der Waals surface area contributed by atoms with Crippen molar-refractivity contribution in [2.75, 3.05) is 18.0 Å². The fraction of sp³-hybridized carbons (Fsp3) is 0.273. The molecule has 0 saturated carbocycles. The predicted octanol–water partition coefficient (Wildman–Crippen LogP) is 2.24. The van der Waals surface area contributed by atoms with Gasteiger partial charge in [-0.2, -0.15) is 0 Å². The first-order valence-corrected chi connectivity index (χ1v) is 6.07. The Labute approximate surface area is 119 Å². The molecule has 1 aromatic carbocycles. The minimum atomic E-state index is -4.80. The van der Waals surface area contributed by atoms with Gasteiger partial charge in [0.05, 0.1) is 4.47 Å². The Morgan fingerprint density at radius 2 is 1.80 bits per heavy atom. The van der Waals surface area contributed by atoms with Gasteiger partial charge in [-0.3, -0.25) is 0 Å². The summed E-state index contributed by atoms with van der Waals surface area (Å²) < 4.78 is 44.6. The van der Waals surface area contributed by atoms with Crippen LogP contribution in [0.15, 0.2) is 22.7 Å². The van der Waals surface area contributed by atoms with E-state index < -0.39 is 24.1 Å². The third-order valence-corrected chi connectivity index (χ3v) is 2.99. The summed E-state index contributed by atoms with van der Waals surface area (Å²) in [4.78, 5) is 23.6. The monoisotopic (exact) mass is 353 g/mol. The van der Waals surface area contributed by atoms with Crippen LogP contribution in [0.5, 0.6) is 5.75 Å². The van der Waals surface area contributed by atoms with Crippen molar-refractivity contribution in [2.24, 2.45) is 0 Å². The number of carbonyl (C=O) groups excluding carboxylic acids is 2. The van der Waals surface area contributed by atoms with Crippen LogP contribution in [0.2, 0.25) is 0 Å². The van der Waals surface area contributed by atoms with E-state index in [9.17, 15) is 22.8 Å². The summed E-state index contributed by atoms with van der Waals surface area (Å²) in [7, 11) is 0. The Bertz CT molecular complexity index is 545. The molecule has 9 heteroatoms. The molecule has 0 aliphatic carbocycles. The first kappa shape index (κ1) is 14.6. The number of halogens is 4. The molecule has 1 fully saturated rings. The summed E-state index contributed by atoms with van der Waals surface area (Å²) in [5.74, 6) is -1.84. The number of cyclic esters (lactones) is 2. The zero-order chi connectivity index (χ0) is 14.9. The Morgan fingerprint density at radius 1 is 1.20 bits per heavy atom. The Hall–Kier alpha value is -1.77. The molecule has 0 aromatic heterocycles. The second-order valence-corrected chi connectivity index (χ2v) is 4.72. The van der Waals surface area contributed by atoms with E-state index in [-0.39, 0.29) is 17.6 Å². The molecule has 0 bridgehead atoms. The van der Waals surface area contributed by atoms with Crippen molar-refractivity contribution in [3.05, 3.63) is 22.7 Å². The fourth-order valence-corrected chi connectivity index (χ4v) is 2.08. The second-order valence-electron chi connectivity index (χ2n) is 3.86. The van der Waals surface area contributed by atoms with Crippen LogP contribution in [-0.4, -0.2) is 31.4 Å². The molecular weight excluding hydrogens is 347 g/mol. The number of hydrogen-bond acceptors (Lipinski definition) is 5. The van der Waals surface area contributed by atoms with Crippen molar-refractivity contribution in [1.29, 1.82) is 0 Å². The van der Waals surface area contributed by atoms with Gasteiger partial charge in [-0.15, -0.1) is 13.2 Å². The van der Waals surface area contributed by atoms with Gasteiger partial charge in [0.1, 0.15) is 18.8 Å². The van der Waals surface area contributed by atoms with Gasteiger partial charge in [0.25, 0.3) is 0 Å². The molecule has 1 aliphatic heterocycles. The van der Waals surface area contributed by atoms with Gasteiger partial charge in [0.15, 0.2) is 0 Å². The van der Waals surface area contributed by atoms with E-state index in [1.807, 2.05) is 0 Å². The Morgan fingerprint density at radius 3 is 2.30 bits per heavy atom. The zero-order valence-corrected chi connectivity index (χ0v) is 11.3. The summed E-state index contributed by atoms with van der Waals surface area (Å²) in [6, 6.07) is 3.74. The van der Waals surface area contributed by atoms with Gasteiger partial charge in [0.2, 0.25) is 0 Å². The number of rotatable bonds is 2. The van der Waals surface area contributed by atoms with Crippen molar-refractivity contribution in [3.8, 4) is 5.75 Å². The summed E-state index contributed by atoms with van der Waals surface area (Å²) in [6.07, 6.45) is -4.80. The molecule has 0 amide bonds. The smallest absolute Gasteiger partial charge is 0.405 e. The van der Waals surface area contributed by atoms with Crippen LogP contribution in [0.1, 0.15) is 0 Å². The van der Waals surface area contributed by atoms with Crippen LogP contribution in [0.4, 0.5) is 18.9 Å². The number of hydrogen-bond donors (Lipinski definition) is 0. The Kier molecular flexibility index (Phi) is 3.89. The fourth-order valence-electron chi connectivity index (χ4n) is 1.64. The van der Waals surface area contributed by atoms with Gasteiger partial charge in [-0.05, 0) is 34.1 Å². The highest BCUT2D eigenvalue weighted by Crippen LogP contribution is 2.33. The lowest BCUT2D eigenvalue weighted by atomic mass is 10.2. The highest BCUT2D eigenvalue weighted by atomic mass is 79.9. The number of alkyl halides is 3. The average molecular weight is 354 g/mol. The molecule has 2 rings (SSSR count). The van der Waals surface area contributed by atoms with Crippen molar-refractivity contribution in [3.63, 3.8) is 0 Å². The number of carbonyl (C=O) groups is 2. The first-order chi connectivity index (χ1) is 9.24. The molecule has 108 valence electrons. The van der Waals surface area contributed by atoms with E-state index in [0.29, 0.717) is 5.69 Å². The molecule has 0 spiro atoms. The summed E-state index contributed by atoms with van der Waals surface area (Å²) in [6.45, 7) is -0.310. The number of anilines is 1. The van der Waals surface area contributed by atoms with Crippen molar-refractivity contribution in [2.45, 2.75) is 6.36 Å². The molecule has 1 aliphatic rings. The Balaban J connectivity index is 2.20. The van der Waals surface area contributed by atoms with Crippen molar-refractivity contribution < 1.29 is 32.2 Å². The van der Waals surface area contributed by atoms with Crippen LogP contribution in [0.25, 0.3) is 0 Å². The molecule has 0 unspecified atom stereocenters. The molecule has 0 N–H and O–H groups in total. The number of esters is 2. The number of benzene rings is 1. The van der Waals surface area contributed by atoms with Gasteiger partial charge < -0.3 is 14.4 Å². The van der Waals surface area contributed by atoms with E-state index in [1.54, 1.807) is 0 Å². The van der Waals surface area contributed by atoms with Gasteiger partial charge in [-0.1, -0.05) is 0 Å². The van der Waals surface area contributed by atoms with Gasteiger partial charge in [-0.25, -0.2) is 9.59 Å². The van der Waals surface area contributed by atoms with Crippen LogP contribution < -0.4 is 9.64 Å². The second kappa shape index (κ2) is 5.31. The minimum absolute atomic E-state index is 0.0544. The SMILES string of the molecule is O=C1CN(c2ccc(OC(F)(F)F)c(Br)c2)CC(=O)O1. The molecular formula is C11H7BrF3NO4. The average Bonchev–Trinajstić information content (AvgIpc) is 2.29. The summed E-state index contributed by atoms with van der Waals surface area (Å²) in [5, 5.41) is 0. The molecule has 1 saturated heterocycles. The molecule has 1 heterocycles. The highest BCUT2D eigenvalue weighted by molar-refractivity contribution is 9.10. The summed E-state index contributed by atoms with van der Waals surface area (Å²) >= 11 is 2.94. The normalized spacial score (nSPS) is 16.1. The third kappa shape index (κ3) is 3.62. The van der Waals surface area contributed by atoms with Crippen LogP contribution in [-0.2, 0) is 14.3 Å². The van der Waals surface area contributed by atoms with Crippen LogP contribution in [0.3, 0.4) is 0 Å². The van der Waals surface area contributed by atoms with E-state index in [4.69, 9.17) is 0 Å². The maximum absolute atomic E-state index is 12.1. The van der Waals surface area contributed by atoms with E-state index in [2.05, 4.69) is 25.4 Å². The molecule has 1 aromatic rings. The maximum Gasteiger partial charge on any atom is 0.573 e. The number of morpholine rings is 1. The summed E-state index contributed by atoms with van der Waals surface area (Å²) in [5.41, 5.74) is 0.399. The number of ether oxygens (including phenoxy) is 2. The van der Waals surface area contributed by atoms with Crippen LogP contribution in [0, 0.1) is 0 Å². The maximum atomic E-state index is 12.1. The van der Waals surface area contributed by atoms with E-state index in [1.165, 1.54) is 17.0 Å². The minimum Gasteiger partial charge on any atom is -0.405 e. The van der Waals surface area contributed by atoms with Crippen molar-refractivity contribution in [1.82, 2.24) is 0 Å². The quantitative estimate of drug-likeness (QED) is 0.602. The van der Waals surface area contributed by atoms with Crippen molar-refractivity contribution >= 4 is 33.6 Å².